The van der Waals surface area contributed by atoms with Crippen molar-refractivity contribution in [1.29, 1.82) is 0 Å². The Labute approximate surface area is 124 Å². The molecule has 2 aromatic rings. The summed E-state index contributed by atoms with van der Waals surface area (Å²) < 4.78 is 13.7. The summed E-state index contributed by atoms with van der Waals surface area (Å²) in [6.07, 6.45) is 1.75. The number of hydrogen-bond acceptors (Lipinski definition) is 3. The van der Waals surface area contributed by atoms with Crippen LogP contribution in [0.2, 0.25) is 0 Å². The van der Waals surface area contributed by atoms with E-state index in [0.29, 0.717) is 5.56 Å². The van der Waals surface area contributed by atoms with E-state index in [-0.39, 0.29) is 18.2 Å². The third-order valence-electron chi connectivity index (χ3n) is 3.37. The smallest absolute Gasteiger partial charge is 0.131 e. The Morgan fingerprint density at radius 1 is 1.05 bits per heavy atom. The van der Waals surface area contributed by atoms with Crippen LogP contribution in [0.5, 0.6) is 0 Å². The van der Waals surface area contributed by atoms with Gasteiger partial charge in [-0.05, 0) is 18.2 Å². The van der Waals surface area contributed by atoms with E-state index in [0.717, 1.165) is 37.6 Å². The molecular formula is C15H17ClFN3. The Kier molecular flexibility index (Phi) is 4.93. The molecule has 0 bridgehead atoms. The van der Waals surface area contributed by atoms with Crippen LogP contribution >= 0.6 is 12.4 Å². The van der Waals surface area contributed by atoms with E-state index in [2.05, 4.69) is 15.2 Å². The topological polar surface area (TPSA) is 28.2 Å². The second-order valence-electron chi connectivity index (χ2n) is 4.62. The van der Waals surface area contributed by atoms with Crippen LogP contribution in [-0.2, 0) is 0 Å². The molecule has 0 spiro atoms. The van der Waals surface area contributed by atoms with Crippen LogP contribution in [0.15, 0.2) is 42.6 Å². The predicted molar refractivity (Wildman–Crippen MR) is 82.0 cm³/mol. The van der Waals surface area contributed by atoms with Gasteiger partial charge < -0.3 is 10.2 Å². The number of rotatable bonds is 2. The fraction of sp³-hybridized carbons (Fsp3) is 0.267. The highest BCUT2D eigenvalue weighted by molar-refractivity contribution is 5.85. The summed E-state index contributed by atoms with van der Waals surface area (Å²) in [5.41, 5.74) is 1.42. The summed E-state index contributed by atoms with van der Waals surface area (Å²) >= 11 is 0. The van der Waals surface area contributed by atoms with Crippen molar-refractivity contribution in [2.75, 3.05) is 31.1 Å². The quantitative estimate of drug-likeness (QED) is 0.923. The molecular weight excluding hydrogens is 277 g/mol. The van der Waals surface area contributed by atoms with Gasteiger partial charge >= 0.3 is 0 Å². The lowest BCUT2D eigenvalue weighted by Crippen LogP contribution is -2.43. The third-order valence-corrected chi connectivity index (χ3v) is 3.37. The number of benzene rings is 1. The van der Waals surface area contributed by atoms with Crippen molar-refractivity contribution in [2.45, 2.75) is 0 Å². The van der Waals surface area contributed by atoms with E-state index >= 15 is 0 Å². The van der Waals surface area contributed by atoms with Crippen LogP contribution in [0.4, 0.5) is 10.2 Å². The van der Waals surface area contributed by atoms with Crippen LogP contribution < -0.4 is 10.2 Å². The van der Waals surface area contributed by atoms with E-state index in [4.69, 9.17) is 0 Å². The molecule has 0 saturated carbocycles. The van der Waals surface area contributed by atoms with Gasteiger partial charge in [0, 0.05) is 43.5 Å². The number of nitrogens with zero attached hydrogens (tertiary/aromatic N) is 2. The second kappa shape index (κ2) is 6.68. The predicted octanol–water partition coefficient (Wildman–Crippen LogP) is 2.72. The van der Waals surface area contributed by atoms with Gasteiger partial charge in [-0.1, -0.05) is 18.2 Å². The molecule has 1 aliphatic rings. The minimum Gasteiger partial charge on any atom is -0.354 e. The Balaban J connectivity index is 0.00000147. The molecule has 1 saturated heterocycles. The van der Waals surface area contributed by atoms with Gasteiger partial charge in [0.05, 0.1) is 0 Å². The third kappa shape index (κ3) is 3.08. The largest absolute Gasteiger partial charge is 0.354 e. The maximum Gasteiger partial charge on any atom is 0.131 e. The highest BCUT2D eigenvalue weighted by Crippen LogP contribution is 2.23. The van der Waals surface area contributed by atoms with Gasteiger partial charge in [0.2, 0.25) is 0 Å². The van der Waals surface area contributed by atoms with Crippen molar-refractivity contribution < 1.29 is 4.39 Å². The first-order valence-corrected chi connectivity index (χ1v) is 6.51. The average Bonchev–Trinajstić information content (AvgIpc) is 2.49. The summed E-state index contributed by atoms with van der Waals surface area (Å²) in [5, 5.41) is 3.31. The normalized spacial score (nSPS) is 14.8. The summed E-state index contributed by atoms with van der Waals surface area (Å²) in [7, 11) is 0. The number of anilines is 1. The molecule has 1 aromatic heterocycles. The Morgan fingerprint density at radius 2 is 1.80 bits per heavy atom. The minimum absolute atomic E-state index is 0. The minimum atomic E-state index is -0.209. The summed E-state index contributed by atoms with van der Waals surface area (Å²) in [6.45, 7) is 3.89. The molecule has 0 atom stereocenters. The molecule has 5 heteroatoms. The van der Waals surface area contributed by atoms with Gasteiger partial charge in [-0.25, -0.2) is 9.37 Å². The lowest BCUT2D eigenvalue weighted by molar-refractivity contribution is 0.585. The molecule has 0 amide bonds. The van der Waals surface area contributed by atoms with Crippen LogP contribution in [0, 0.1) is 5.82 Å². The Bertz CT molecular complexity index is 553. The Hall–Kier alpha value is -1.65. The zero-order valence-corrected chi connectivity index (χ0v) is 11.9. The second-order valence-corrected chi connectivity index (χ2v) is 4.62. The van der Waals surface area contributed by atoms with Crippen molar-refractivity contribution in [3.63, 3.8) is 0 Å². The molecule has 3 rings (SSSR count). The van der Waals surface area contributed by atoms with E-state index < -0.39 is 0 Å². The zero-order chi connectivity index (χ0) is 13.1. The van der Waals surface area contributed by atoms with E-state index in [1.165, 1.54) is 6.07 Å². The van der Waals surface area contributed by atoms with Gasteiger partial charge in [0.25, 0.3) is 0 Å². The fourth-order valence-electron chi connectivity index (χ4n) is 2.32. The van der Waals surface area contributed by atoms with Crippen molar-refractivity contribution in [2.24, 2.45) is 0 Å². The first kappa shape index (κ1) is 14.8. The van der Waals surface area contributed by atoms with E-state index in [1.54, 1.807) is 18.3 Å². The average molecular weight is 294 g/mol. The van der Waals surface area contributed by atoms with E-state index in [9.17, 15) is 4.39 Å². The number of nitrogens with one attached hydrogen (secondary N) is 1. The van der Waals surface area contributed by atoms with Gasteiger partial charge in [-0.3, -0.25) is 0 Å². The molecule has 2 heterocycles. The number of aromatic nitrogens is 1. The standard InChI is InChI=1S/C15H16FN3.ClH/c16-14-4-2-1-3-13(14)12-5-6-15(18-11-12)19-9-7-17-8-10-19;/h1-6,11,17H,7-10H2;1H. The summed E-state index contributed by atoms with van der Waals surface area (Å²) in [4.78, 5) is 6.69. The fourth-order valence-corrected chi connectivity index (χ4v) is 2.32. The maximum atomic E-state index is 13.7. The van der Waals surface area contributed by atoms with Crippen LogP contribution in [-0.4, -0.2) is 31.2 Å². The first-order chi connectivity index (χ1) is 9.34. The Morgan fingerprint density at radius 3 is 2.45 bits per heavy atom. The SMILES string of the molecule is Cl.Fc1ccccc1-c1ccc(N2CCNCC2)nc1. The molecule has 0 radical (unpaired) electrons. The number of halogens is 2. The zero-order valence-electron chi connectivity index (χ0n) is 11.1. The lowest BCUT2D eigenvalue weighted by Gasteiger charge is -2.28. The number of piperazine rings is 1. The number of pyridine rings is 1. The highest BCUT2D eigenvalue weighted by Gasteiger charge is 2.12. The number of hydrogen-bond donors (Lipinski definition) is 1. The van der Waals surface area contributed by atoms with Gasteiger partial charge in [0.15, 0.2) is 0 Å². The van der Waals surface area contributed by atoms with E-state index in [1.807, 2.05) is 18.2 Å². The van der Waals surface area contributed by atoms with Crippen LogP contribution in [0.1, 0.15) is 0 Å². The van der Waals surface area contributed by atoms with Crippen molar-refractivity contribution in [1.82, 2.24) is 10.3 Å². The van der Waals surface area contributed by atoms with Gasteiger partial charge in [0.1, 0.15) is 11.6 Å². The van der Waals surface area contributed by atoms with Crippen LogP contribution in [0.3, 0.4) is 0 Å². The monoisotopic (exact) mass is 293 g/mol. The summed E-state index contributed by atoms with van der Waals surface area (Å²) in [5.74, 6) is 0.751. The highest BCUT2D eigenvalue weighted by atomic mass is 35.5. The molecule has 0 unspecified atom stereocenters. The molecule has 3 nitrogen and oxygen atoms in total. The maximum absolute atomic E-state index is 13.7. The van der Waals surface area contributed by atoms with Crippen LogP contribution in [0.25, 0.3) is 11.1 Å². The van der Waals surface area contributed by atoms with Gasteiger partial charge in [-0.2, -0.15) is 0 Å². The molecule has 1 aromatic carbocycles. The molecule has 106 valence electrons. The molecule has 0 aliphatic carbocycles. The molecule has 1 fully saturated rings. The van der Waals surface area contributed by atoms with Crippen molar-refractivity contribution in [3.8, 4) is 11.1 Å². The summed E-state index contributed by atoms with van der Waals surface area (Å²) in [6, 6.07) is 10.7. The molecule has 1 aliphatic heterocycles. The van der Waals surface area contributed by atoms with Crippen molar-refractivity contribution in [3.05, 3.63) is 48.4 Å². The van der Waals surface area contributed by atoms with Crippen molar-refractivity contribution >= 4 is 18.2 Å². The molecule has 1 N–H and O–H groups in total. The first-order valence-electron chi connectivity index (χ1n) is 6.51. The lowest BCUT2D eigenvalue weighted by atomic mass is 10.1. The molecule has 20 heavy (non-hydrogen) atoms. The van der Waals surface area contributed by atoms with Gasteiger partial charge in [-0.15, -0.1) is 12.4 Å².